The summed E-state index contributed by atoms with van der Waals surface area (Å²) in [6.45, 7) is 4.37. The molecule has 5 nitrogen and oxygen atoms in total. The van der Waals surface area contributed by atoms with Gasteiger partial charge in [0.1, 0.15) is 11.0 Å². The SMILES string of the molecule is Cc1ccc([C@@H]2C[C@@H](C)N(S(=O)(=O)c3cccnc3C#N)C2)cc1. The fourth-order valence-corrected chi connectivity index (χ4v) is 5.01. The zero-order valence-corrected chi connectivity index (χ0v) is 14.5. The van der Waals surface area contributed by atoms with Gasteiger partial charge in [0.05, 0.1) is 0 Å². The van der Waals surface area contributed by atoms with Gasteiger partial charge in [-0.1, -0.05) is 29.8 Å². The lowest BCUT2D eigenvalue weighted by Gasteiger charge is -2.21. The van der Waals surface area contributed by atoms with Crippen LogP contribution in [0.15, 0.2) is 47.5 Å². The fourth-order valence-electron chi connectivity index (χ4n) is 3.23. The van der Waals surface area contributed by atoms with E-state index >= 15 is 0 Å². The number of aromatic nitrogens is 1. The molecule has 0 radical (unpaired) electrons. The minimum absolute atomic E-state index is 0.0103. The molecule has 1 fully saturated rings. The van der Waals surface area contributed by atoms with Gasteiger partial charge in [-0.25, -0.2) is 13.4 Å². The summed E-state index contributed by atoms with van der Waals surface area (Å²) in [6, 6.07) is 13.0. The van der Waals surface area contributed by atoms with Crippen LogP contribution in [0.2, 0.25) is 0 Å². The van der Waals surface area contributed by atoms with Gasteiger partial charge in [0.15, 0.2) is 5.69 Å². The second-order valence-electron chi connectivity index (χ2n) is 6.23. The molecule has 0 saturated carbocycles. The van der Waals surface area contributed by atoms with E-state index in [-0.39, 0.29) is 22.5 Å². The minimum Gasteiger partial charge on any atom is -0.244 e. The quantitative estimate of drug-likeness (QED) is 0.860. The van der Waals surface area contributed by atoms with Crippen molar-refractivity contribution in [1.82, 2.24) is 9.29 Å². The molecule has 0 aliphatic carbocycles. The first-order valence-electron chi connectivity index (χ1n) is 7.87. The lowest BCUT2D eigenvalue weighted by molar-refractivity contribution is 0.407. The highest BCUT2D eigenvalue weighted by Gasteiger charge is 2.39. The standard InChI is InChI=1S/C18H19N3O2S/c1-13-5-7-15(8-6-13)16-10-14(2)21(12-16)24(22,23)18-4-3-9-20-17(18)11-19/h3-9,14,16H,10,12H2,1-2H3/t14-,16-/m1/s1. The Morgan fingerprint density at radius 1 is 1.25 bits per heavy atom. The van der Waals surface area contributed by atoms with Crippen molar-refractivity contribution in [3.63, 3.8) is 0 Å². The Kier molecular flexibility index (Phi) is 4.39. The van der Waals surface area contributed by atoms with Crippen LogP contribution < -0.4 is 0 Å². The first-order chi connectivity index (χ1) is 11.4. The average Bonchev–Trinajstić information content (AvgIpc) is 2.98. The van der Waals surface area contributed by atoms with E-state index in [2.05, 4.69) is 17.1 Å². The molecule has 24 heavy (non-hydrogen) atoms. The number of hydrogen-bond acceptors (Lipinski definition) is 4. The molecule has 6 heteroatoms. The maximum absolute atomic E-state index is 13.0. The smallest absolute Gasteiger partial charge is 0.244 e. The van der Waals surface area contributed by atoms with Crippen molar-refractivity contribution in [2.75, 3.05) is 6.54 Å². The Morgan fingerprint density at radius 3 is 2.62 bits per heavy atom. The van der Waals surface area contributed by atoms with Gasteiger partial charge in [-0.05, 0) is 43.9 Å². The third-order valence-corrected chi connectivity index (χ3v) is 6.54. The third kappa shape index (κ3) is 2.93. The van der Waals surface area contributed by atoms with Gasteiger partial charge in [-0.3, -0.25) is 0 Å². The molecular formula is C18H19N3O2S. The Bertz CT molecular complexity index is 885. The number of aryl methyl sites for hydroxylation is 1. The topological polar surface area (TPSA) is 74.1 Å². The Labute approximate surface area is 142 Å². The van der Waals surface area contributed by atoms with Crippen LogP contribution in [-0.2, 0) is 10.0 Å². The van der Waals surface area contributed by atoms with Crippen molar-refractivity contribution in [2.24, 2.45) is 0 Å². The summed E-state index contributed by atoms with van der Waals surface area (Å²) in [6.07, 6.45) is 2.20. The van der Waals surface area contributed by atoms with Gasteiger partial charge in [-0.2, -0.15) is 9.57 Å². The number of pyridine rings is 1. The minimum atomic E-state index is -3.73. The van der Waals surface area contributed by atoms with Crippen molar-refractivity contribution >= 4 is 10.0 Å². The Morgan fingerprint density at radius 2 is 1.96 bits per heavy atom. The number of benzene rings is 1. The second kappa shape index (κ2) is 6.34. The normalized spacial score (nSPS) is 21.5. The summed E-state index contributed by atoms with van der Waals surface area (Å²) in [5, 5.41) is 9.15. The van der Waals surface area contributed by atoms with Crippen LogP contribution in [0.5, 0.6) is 0 Å². The van der Waals surface area contributed by atoms with Crippen LogP contribution in [0, 0.1) is 18.3 Å². The highest BCUT2D eigenvalue weighted by molar-refractivity contribution is 7.89. The van der Waals surface area contributed by atoms with Crippen molar-refractivity contribution in [1.29, 1.82) is 5.26 Å². The van der Waals surface area contributed by atoms with E-state index in [9.17, 15) is 8.42 Å². The molecule has 124 valence electrons. The van der Waals surface area contributed by atoms with E-state index in [0.29, 0.717) is 6.54 Å². The molecule has 1 aromatic carbocycles. The predicted molar refractivity (Wildman–Crippen MR) is 90.8 cm³/mol. The zero-order valence-electron chi connectivity index (χ0n) is 13.7. The monoisotopic (exact) mass is 341 g/mol. The third-order valence-electron chi connectivity index (χ3n) is 4.53. The Hall–Kier alpha value is -2.23. The summed E-state index contributed by atoms with van der Waals surface area (Å²) < 4.78 is 27.5. The molecule has 1 aromatic heterocycles. The lowest BCUT2D eigenvalue weighted by atomic mass is 9.96. The van der Waals surface area contributed by atoms with Crippen LogP contribution in [0.4, 0.5) is 0 Å². The summed E-state index contributed by atoms with van der Waals surface area (Å²) in [5.74, 6) is 0.164. The molecule has 1 saturated heterocycles. The molecule has 0 spiro atoms. The molecule has 0 amide bonds. The van der Waals surface area contributed by atoms with Crippen LogP contribution >= 0.6 is 0 Å². The second-order valence-corrected chi connectivity index (χ2v) is 8.09. The average molecular weight is 341 g/mol. The summed E-state index contributed by atoms with van der Waals surface area (Å²) >= 11 is 0. The van der Waals surface area contributed by atoms with Gasteiger partial charge in [0, 0.05) is 18.8 Å². The number of rotatable bonds is 3. The molecule has 1 aliphatic rings. The van der Waals surface area contributed by atoms with E-state index < -0.39 is 10.0 Å². The predicted octanol–water partition coefficient (Wildman–Crippen LogP) is 2.83. The van der Waals surface area contributed by atoms with Crippen molar-refractivity contribution in [2.45, 2.75) is 37.1 Å². The van der Waals surface area contributed by atoms with E-state index in [1.165, 1.54) is 22.1 Å². The summed E-state index contributed by atoms with van der Waals surface area (Å²) in [4.78, 5) is 3.87. The number of sulfonamides is 1. The molecular weight excluding hydrogens is 322 g/mol. The molecule has 0 N–H and O–H groups in total. The maximum atomic E-state index is 13.0. The highest BCUT2D eigenvalue weighted by atomic mass is 32.2. The van der Waals surface area contributed by atoms with Gasteiger partial charge in [-0.15, -0.1) is 0 Å². The Balaban J connectivity index is 1.92. The maximum Gasteiger partial charge on any atom is 0.246 e. The van der Waals surface area contributed by atoms with Gasteiger partial charge < -0.3 is 0 Å². The summed E-state index contributed by atoms with van der Waals surface area (Å²) in [5.41, 5.74) is 2.28. The molecule has 3 rings (SSSR count). The molecule has 0 bridgehead atoms. The van der Waals surface area contributed by atoms with E-state index in [1.54, 1.807) is 6.07 Å². The van der Waals surface area contributed by atoms with E-state index in [4.69, 9.17) is 5.26 Å². The van der Waals surface area contributed by atoms with Crippen molar-refractivity contribution < 1.29 is 8.42 Å². The van der Waals surface area contributed by atoms with E-state index in [1.807, 2.05) is 32.0 Å². The van der Waals surface area contributed by atoms with Crippen LogP contribution in [-0.4, -0.2) is 30.3 Å². The summed E-state index contributed by atoms with van der Waals surface area (Å²) in [7, 11) is -3.73. The van der Waals surface area contributed by atoms with Gasteiger partial charge in [0.2, 0.25) is 10.0 Å². The number of nitrogens with zero attached hydrogens (tertiary/aromatic N) is 3. The molecule has 2 heterocycles. The number of nitriles is 1. The van der Waals surface area contributed by atoms with Gasteiger partial charge in [0.25, 0.3) is 0 Å². The number of hydrogen-bond donors (Lipinski definition) is 0. The fraction of sp³-hybridized carbons (Fsp3) is 0.333. The van der Waals surface area contributed by atoms with Crippen LogP contribution in [0.3, 0.4) is 0 Å². The van der Waals surface area contributed by atoms with E-state index in [0.717, 1.165) is 12.0 Å². The molecule has 1 aliphatic heterocycles. The lowest BCUT2D eigenvalue weighted by Crippen LogP contribution is -2.34. The zero-order chi connectivity index (χ0) is 17.3. The van der Waals surface area contributed by atoms with Crippen molar-refractivity contribution in [3.8, 4) is 6.07 Å². The van der Waals surface area contributed by atoms with Crippen LogP contribution in [0.1, 0.15) is 36.1 Å². The molecule has 2 atom stereocenters. The van der Waals surface area contributed by atoms with Crippen LogP contribution in [0.25, 0.3) is 0 Å². The van der Waals surface area contributed by atoms with Gasteiger partial charge >= 0.3 is 0 Å². The largest absolute Gasteiger partial charge is 0.246 e. The molecule has 2 aromatic rings. The molecule has 0 unspecified atom stereocenters. The first-order valence-corrected chi connectivity index (χ1v) is 9.31. The first kappa shape index (κ1) is 16.6. The highest BCUT2D eigenvalue weighted by Crippen LogP contribution is 2.35. The van der Waals surface area contributed by atoms with Crippen molar-refractivity contribution in [3.05, 3.63) is 59.4 Å².